The molecule has 0 radical (unpaired) electrons. The Bertz CT molecular complexity index is 456. The highest BCUT2D eigenvalue weighted by molar-refractivity contribution is 6.68. The molecule has 1 aromatic rings. The van der Waals surface area contributed by atoms with Crippen LogP contribution in [0.1, 0.15) is 24.8 Å². The molecular formula is C15H19Cl3N2O. The van der Waals surface area contributed by atoms with Crippen LogP contribution in [0.25, 0.3) is 0 Å². The number of carbonyl (C=O) groups is 1. The molecule has 1 aliphatic heterocycles. The maximum absolute atomic E-state index is 12.2. The molecule has 1 aromatic carbocycles. The molecule has 1 atom stereocenters. The number of nitrogens with one attached hydrogen (secondary N) is 1. The summed E-state index contributed by atoms with van der Waals surface area (Å²) in [5.74, 6) is -0.136. The average Bonchev–Trinajstić information content (AvgIpc) is 2.45. The Hall–Kier alpha value is -0.480. The van der Waals surface area contributed by atoms with E-state index in [0.717, 1.165) is 31.5 Å². The van der Waals surface area contributed by atoms with Crippen molar-refractivity contribution in [2.24, 2.45) is 0 Å². The predicted molar refractivity (Wildman–Crippen MR) is 87.8 cm³/mol. The Morgan fingerprint density at radius 3 is 2.33 bits per heavy atom. The van der Waals surface area contributed by atoms with E-state index in [1.165, 1.54) is 6.42 Å². The van der Waals surface area contributed by atoms with Crippen LogP contribution in [0.15, 0.2) is 30.3 Å². The lowest BCUT2D eigenvalue weighted by Gasteiger charge is -2.38. The van der Waals surface area contributed by atoms with Crippen LogP contribution in [0, 0.1) is 0 Å². The summed E-state index contributed by atoms with van der Waals surface area (Å²) in [4.78, 5) is 14.2. The molecule has 1 unspecified atom stereocenters. The van der Waals surface area contributed by atoms with Crippen molar-refractivity contribution < 1.29 is 4.79 Å². The monoisotopic (exact) mass is 348 g/mol. The van der Waals surface area contributed by atoms with Crippen molar-refractivity contribution in [3.05, 3.63) is 35.9 Å². The molecule has 0 aliphatic carbocycles. The Labute approximate surface area is 140 Å². The number of rotatable bonds is 4. The predicted octanol–water partition coefficient (Wildman–Crippen LogP) is 3.53. The number of alkyl halides is 3. The molecule has 1 aliphatic rings. The number of nitrogens with zero attached hydrogens (tertiary/aromatic N) is 1. The van der Waals surface area contributed by atoms with Crippen molar-refractivity contribution in [2.75, 3.05) is 13.1 Å². The Morgan fingerprint density at radius 1 is 1.14 bits per heavy atom. The largest absolute Gasteiger partial charge is 0.336 e. The van der Waals surface area contributed by atoms with E-state index in [2.05, 4.69) is 5.32 Å². The van der Waals surface area contributed by atoms with Crippen LogP contribution in [0.5, 0.6) is 0 Å². The van der Waals surface area contributed by atoms with E-state index < -0.39 is 9.96 Å². The van der Waals surface area contributed by atoms with Crippen LogP contribution in [0.4, 0.5) is 0 Å². The molecule has 1 fully saturated rings. The van der Waals surface area contributed by atoms with Gasteiger partial charge >= 0.3 is 0 Å². The van der Waals surface area contributed by atoms with Gasteiger partial charge in [0.1, 0.15) is 6.17 Å². The topological polar surface area (TPSA) is 32.3 Å². The van der Waals surface area contributed by atoms with Crippen molar-refractivity contribution in [1.29, 1.82) is 0 Å². The molecule has 0 bridgehead atoms. The van der Waals surface area contributed by atoms with E-state index >= 15 is 0 Å². The Balaban J connectivity index is 1.99. The second-order valence-electron chi connectivity index (χ2n) is 5.27. The van der Waals surface area contributed by atoms with Gasteiger partial charge in [-0.2, -0.15) is 0 Å². The van der Waals surface area contributed by atoms with Gasteiger partial charge in [0.2, 0.25) is 9.70 Å². The van der Waals surface area contributed by atoms with Crippen LogP contribution >= 0.6 is 34.8 Å². The molecule has 0 aromatic heterocycles. The standard InChI is InChI=1S/C15H19Cl3N2O/c16-15(17,18)14(20-9-5-2-6-10-20)19-13(21)11-12-7-3-1-4-8-12/h1,3-4,7-8,14H,2,5-6,9-11H2,(H,19,21). The number of hydrogen-bond donors (Lipinski definition) is 1. The number of benzene rings is 1. The van der Waals surface area contributed by atoms with E-state index in [1.54, 1.807) is 0 Å². The molecular weight excluding hydrogens is 331 g/mol. The third kappa shape index (κ3) is 5.33. The van der Waals surface area contributed by atoms with Gasteiger partial charge in [0, 0.05) is 13.1 Å². The van der Waals surface area contributed by atoms with Gasteiger partial charge in [0.25, 0.3) is 0 Å². The van der Waals surface area contributed by atoms with Gasteiger partial charge < -0.3 is 5.32 Å². The molecule has 1 N–H and O–H groups in total. The number of likely N-dealkylation sites (tertiary alicyclic amines) is 1. The van der Waals surface area contributed by atoms with Crippen molar-refractivity contribution in [1.82, 2.24) is 10.2 Å². The van der Waals surface area contributed by atoms with Gasteiger partial charge in [-0.25, -0.2) is 0 Å². The summed E-state index contributed by atoms with van der Waals surface area (Å²) in [6.07, 6.45) is 3.00. The summed E-state index contributed by atoms with van der Waals surface area (Å²) >= 11 is 18.2. The summed E-state index contributed by atoms with van der Waals surface area (Å²) in [5.41, 5.74) is 0.941. The lowest BCUT2D eigenvalue weighted by molar-refractivity contribution is -0.122. The number of piperidine rings is 1. The summed E-state index contributed by atoms with van der Waals surface area (Å²) in [6, 6.07) is 9.54. The van der Waals surface area contributed by atoms with Crippen molar-refractivity contribution in [3.63, 3.8) is 0 Å². The van der Waals surface area contributed by atoms with Gasteiger partial charge in [-0.1, -0.05) is 71.6 Å². The number of carbonyl (C=O) groups excluding carboxylic acids is 1. The fraction of sp³-hybridized carbons (Fsp3) is 0.533. The number of amides is 1. The minimum absolute atomic E-state index is 0.136. The van der Waals surface area contributed by atoms with Crippen LogP contribution in [0.2, 0.25) is 0 Å². The van der Waals surface area contributed by atoms with Crippen molar-refractivity contribution in [2.45, 2.75) is 35.6 Å². The molecule has 116 valence electrons. The SMILES string of the molecule is O=C(Cc1ccccc1)NC(N1CCCCC1)C(Cl)(Cl)Cl. The third-order valence-electron chi connectivity index (χ3n) is 3.57. The van der Waals surface area contributed by atoms with Gasteiger partial charge in [-0.3, -0.25) is 9.69 Å². The van der Waals surface area contributed by atoms with E-state index in [4.69, 9.17) is 34.8 Å². The third-order valence-corrected chi connectivity index (χ3v) is 4.19. The van der Waals surface area contributed by atoms with Gasteiger partial charge in [-0.15, -0.1) is 0 Å². The van der Waals surface area contributed by atoms with Crippen LogP contribution in [0.3, 0.4) is 0 Å². The summed E-state index contributed by atoms with van der Waals surface area (Å²) < 4.78 is -1.54. The first-order valence-corrected chi connectivity index (χ1v) is 8.24. The normalized spacial score (nSPS) is 18.2. The maximum Gasteiger partial charge on any atom is 0.225 e. The lowest BCUT2D eigenvalue weighted by Crippen LogP contribution is -2.57. The number of halogens is 3. The van der Waals surface area contributed by atoms with Crippen LogP contribution in [-0.4, -0.2) is 33.9 Å². The highest BCUT2D eigenvalue weighted by Gasteiger charge is 2.38. The zero-order valence-corrected chi connectivity index (χ0v) is 14.0. The van der Waals surface area contributed by atoms with E-state index in [9.17, 15) is 4.79 Å². The van der Waals surface area contributed by atoms with Gasteiger partial charge in [0.15, 0.2) is 0 Å². The van der Waals surface area contributed by atoms with E-state index in [0.29, 0.717) is 0 Å². The fourth-order valence-corrected chi connectivity index (χ4v) is 3.12. The average molecular weight is 350 g/mol. The zero-order chi connectivity index (χ0) is 15.3. The smallest absolute Gasteiger partial charge is 0.225 e. The molecule has 3 nitrogen and oxygen atoms in total. The maximum atomic E-state index is 12.2. The van der Waals surface area contributed by atoms with Crippen molar-refractivity contribution in [3.8, 4) is 0 Å². The molecule has 21 heavy (non-hydrogen) atoms. The number of hydrogen-bond acceptors (Lipinski definition) is 2. The molecule has 6 heteroatoms. The lowest BCUT2D eigenvalue weighted by atomic mass is 10.1. The second kappa shape index (κ2) is 7.68. The highest BCUT2D eigenvalue weighted by Crippen LogP contribution is 2.33. The molecule has 1 amide bonds. The Morgan fingerprint density at radius 2 is 1.76 bits per heavy atom. The first-order valence-electron chi connectivity index (χ1n) is 7.11. The molecule has 1 saturated heterocycles. The Kier molecular flexibility index (Phi) is 6.18. The molecule has 0 saturated carbocycles. The van der Waals surface area contributed by atoms with Gasteiger partial charge in [0.05, 0.1) is 6.42 Å². The van der Waals surface area contributed by atoms with Crippen molar-refractivity contribution >= 4 is 40.7 Å². The first-order chi connectivity index (χ1) is 9.97. The summed E-state index contributed by atoms with van der Waals surface area (Å²) in [6.45, 7) is 1.67. The minimum Gasteiger partial charge on any atom is -0.336 e. The zero-order valence-electron chi connectivity index (χ0n) is 11.7. The minimum atomic E-state index is -1.54. The quantitative estimate of drug-likeness (QED) is 0.843. The fourth-order valence-electron chi connectivity index (χ4n) is 2.54. The first kappa shape index (κ1) is 16.9. The van der Waals surface area contributed by atoms with Crippen LogP contribution in [-0.2, 0) is 11.2 Å². The summed E-state index contributed by atoms with van der Waals surface area (Å²) in [7, 11) is 0. The molecule has 2 rings (SSSR count). The molecule has 0 spiro atoms. The van der Waals surface area contributed by atoms with E-state index in [-0.39, 0.29) is 12.3 Å². The van der Waals surface area contributed by atoms with Crippen LogP contribution < -0.4 is 5.32 Å². The van der Waals surface area contributed by atoms with Gasteiger partial charge in [-0.05, 0) is 18.4 Å². The van der Waals surface area contributed by atoms with E-state index in [1.807, 2.05) is 35.2 Å². The second-order valence-corrected chi connectivity index (χ2v) is 7.64. The highest BCUT2D eigenvalue weighted by atomic mass is 35.6. The molecule has 1 heterocycles. The summed E-state index contributed by atoms with van der Waals surface area (Å²) in [5, 5.41) is 2.87.